The second-order valence-corrected chi connectivity index (χ2v) is 4.87. The van der Waals surface area contributed by atoms with E-state index < -0.39 is 0 Å². The summed E-state index contributed by atoms with van der Waals surface area (Å²) >= 11 is 0. The average molecular weight is 223 g/mol. The van der Waals surface area contributed by atoms with Crippen LogP contribution in [0.5, 0.6) is 0 Å². The van der Waals surface area contributed by atoms with Crippen LogP contribution in [-0.4, -0.2) is 38.5 Å². The summed E-state index contributed by atoms with van der Waals surface area (Å²) in [5.74, 6) is 0. The first-order valence-corrected chi connectivity index (χ1v) is 6.05. The van der Waals surface area contributed by atoms with Gasteiger partial charge in [-0.1, -0.05) is 0 Å². The minimum atomic E-state index is -0.195. The molecular weight excluding hydrogens is 202 g/mol. The van der Waals surface area contributed by atoms with Crippen molar-refractivity contribution in [1.29, 1.82) is 0 Å². The molecule has 1 aromatic rings. The third-order valence-corrected chi connectivity index (χ3v) is 3.26. The molecule has 1 aromatic heterocycles. The van der Waals surface area contributed by atoms with E-state index in [1.807, 2.05) is 24.9 Å². The molecule has 16 heavy (non-hydrogen) atoms. The quantitative estimate of drug-likeness (QED) is 0.832. The minimum absolute atomic E-state index is 0.195. The van der Waals surface area contributed by atoms with Crippen molar-refractivity contribution in [2.45, 2.75) is 44.9 Å². The fourth-order valence-corrected chi connectivity index (χ4v) is 2.55. The molecule has 2 rings (SSSR count). The maximum atomic E-state index is 9.46. The van der Waals surface area contributed by atoms with Gasteiger partial charge in [-0.05, 0) is 32.7 Å². The molecule has 0 amide bonds. The molecule has 0 radical (unpaired) electrons. The molecular formula is C12H21N3O. The summed E-state index contributed by atoms with van der Waals surface area (Å²) in [5.41, 5.74) is 1.26. The molecule has 90 valence electrons. The molecule has 1 aliphatic rings. The summed E-state index contributed by atoms with van der Waals surface area (Å²) in [5, 5.41) is 13.6. The molecule has 1 aliphatic heterocycles. The van der Waals surface area contributed by atoms with E-state index in [9.17, 15) is 5.11 Å². The van der Waals surface area contributed by atoms with Gasteiger partial charge in [0.05, 0.1) is 12.3 Å². The number of aliphatic hydroxyl groups is 1. The molecule has 2 heterocycles. The molecule has 2 unspecified atom stereocenters. The Balaban J connectivity index is 1.93. The highest BCUT2D eigenvalue weighted by Gasteiger charge is 2.25. The zero-order chi connectivity index (χ0) is 11.5. The Hall–Kier alpha value is -0.870. The smallest absolute Gasteiger partial charge is 0.0534 e. The summed E-state index contributed by atoms with van der Waals surface area (Å²) in [4.78, 5) is 2.46. The van der Waals surface area contributed by atoms with Crippen LogP contribution in [0.2, 0.25) is 0 Å². The predicted octanol–water partition coefficient (Wildman–Crippen LogP) is 1.16. The Morgan fingerprint density at radius 2 is 2.44 bits per heavy atom. The molecule has 2 atom stereocenters. The zero-order valence-electron chi connectivity index (χ0n) is 10.1. The molecule has 0 bridgehead atoms. The molecule has 1 N–H and O–H groups in total. The largest absolute Gasteiger partial charge is 0.393 e. The van der Waals surface area contributed by atoms with E-state index in [1.54, 1.807) is 0 Å². The van der Waals surface area contributed by atoms with Gasteiger partial charge in [-0.25, -0.2) is 0 Å². The Morgan fingerprint density at radius 1 is 1.62 bits per heavy atom. The first-order valence-electron chi connectivity index (χ1n) is 6.05. The van der Waals surface area contributed by atoms with Gasteiger partial charge in [0, 0.05) is 31.4 Å². The molecule has 4 heteroatoms. The maximum absolute atomic E-state index is 9.46. The molecule has 0 aromatic carbocycles. The van der Waals surface area contributed by atoms with Gasteiger partial charge in [0.2, 0.25) is 0 Å². The summed E-state index contributed by atoms with van der Waals surface area (Å²) in [6, 6.07) is 0.542. The number of aliphatic hydroxyl groups excluding tert-OH is 1. The highest BCUT2D eigenvalue weighted by atomic mass is 16.3. The molecule has 0 aliphatic carbocycles. The van der Waals surface area contributed by atoms with E-state index in [1.165, 1.54) is 18.4 Å². The normalized spacial score (nSPS) is 23.8. The Kier molecular flexibility index (Phi) is 3.61. The van der Waals surface area contributed by atoms with Gasteiger partial charge in [-0.2, -0.15) is 5.10 Å². The highest BCUT2D eigenvalue weighted by Crippen LogP contribution is 2.23. The standard InChI is InChI=1S/C12H21N3O/c1-10(16)6-12-4-3-5-15(12)9-11-7-13-14(2)8-11/h7-8,10,12,16H,3-6,9H2,1-2H3. The van der Waals surface area contributed by atoms with Crippen LogP contribution in [0.25, 0.3) is 0 Å². The van der Waals surface area contributed by atoms with Gasteiger partial charge in [-0.15, -0.1) is 0 Å². The van der Waals surface area contributed by atoms with Crippen molar-refractivity contribution in [3.05, 3.63) is 18.0 Å². The van der Waals surface area contributed by atoms with Crippen LogP contribution < -0.4 is 0 Å². The summed E-state index contributed by atoms with van der Waals surface area (Å²) in [6.45, 7) is 3.98. The summed E-state index contributed by atoms with van der Waals surface area (Å²) < 4.78 is 1.84. The first kappa shape index (κ1) is 11.6. The van der Waals surface area contributed by atoms with Crippen LogP contribution in [0, 0.1) is 0 Å². The fraction of sp³-hybridized carbons (Fsp3) is 0.750. The van der Waals surface area contributed by atoms with Gasteiger partial charge >= 0.3 is 0 Å². The van der Waals surface area contributed by atoms with Crippen molar-refractivity contribution in [1.82, 2.24) is 14.7 Å². The summed E-state index contributed by atoms with van der Waals surface area (Å²) in [6.07, 6.45) is 7.15. The third-order valence-electron chi connectivity index (χ3n) is 3.26. The number of aromatic nitrogens is 2. The number of rotatable bonds is 4. The van der Waals surface area contributed by atoms with E-state index in [2.05, 4.69) is 16.2 Å². The van der Waals surface area contributed by atoms with E-state index >= 15 is 0 Å². The number of aryl methyl sites for hydroxylation is 1. The van der Waals surface area contributed by atoms with Gasteiger partial charge in [0.25, 0.3) is 0 Å². The van der Waals surface area contributed by atoms with Crippen molar-refractivity contribution in [2.75, 3.05) is 6.54 Å². The van der Waals surface area contributed by atoms with Crippen LogP contribution in [0.3, 0.4) is 0 Å². The Labute approximate surface area is 96.9 Å². The minimum Gasteiger partial charge on any atom is -0.393 e. The topological polar surface area (TPSA) is 41.3 Å². The molecule has 1 fully saturated rings. The van der Waals surface area contributed by atoms with Gasteiger partial charge in [0.15, 0.2) is 0 Å². The fourth-order valence-electron chi connectivity index (χ4n) is 2.55. The SMILES string of the molecule is CC(O)CC1CCCN1Cc1cnn(C)c1. The lowest BCUT2D eigenvalue weighted by Crippen LogP contribution is -2.31. The predicted molar refractivity (Wildman–Crippen MR) is 62.9 cm³/mol. The van der Waals surface area contributed by atoms with E-state index in [-0.39, 0.29) is 6.10 Å². The van der Waals surface area contributed by atoms with Crippen molar-refractivity contribution in [3.63, 3.8) is 0 Å². The number of likely N-dealkylation sites (tertiary alicyclic amines) is 1. The average Bonchev–Trinajstić information content (AvgIpc) is 2.77. The lowest BCUT2D eigenvalue weighted by molar-refractivity contribution is 0.131. The maximum Gasteiger partial charge on any atom is 0.0534 e. The monoisotopic (exact) mass is 223 g/mol. The second-order valence-electron chi connectivity index (χ2n) is 4.87. The zero-order valence-corrected chi connectivity index (χ0v) is 10.1. The first-order chi connectivity index (χ1) is 7.65. The molecule has 0 spiro atoms. The highest BCUT2D eigenvalue weighted by molar-refractivity contribution is 5.04. The molecule has 1 saturated heterocycles. The van der Waals surface area contributed by atoms with Crippen LogP contribution in [0.4, 0.5) is 0 Å². The van der Waals surface area contributed by atoms with Crippen molar-refractivity contribution < 1.29 is 5.11 Å². The van der Waals surface area contributed by atoms with Crippen molar-refractivity contribution >= 4 is 0 Å². The molecule has 4 nitrogen and oxygen atoms in total. The van der Waals surface area contributed by atoms with Crippen LogP contribution in [0.1, 0.15) is 31.7 Å². The number of hydrogen-bond acceptors (Lipinski definition) is 3. The number of nitrogens with zero attached hydrogens (tertiary/aromatic N) is 3. The van der Waals surface area contributed by atoms with Gasteiger partial charge in [0.1, 0.15) is 0 Å². The van der Waals surface area contributed by atoms with Crippen molar-refractivity contribution in [3.8, 4) is 0 Å². The Bertz CT molecular complexity index is 335. The van der Waals surface area contributed by atoms with Gasteiger partial charge < -0.3 is 5.11 Å². The van der Waals surface area contributed by atoms with Crippen LogP contribution >= 0.6 is 0 Å². The van der Waals surface area contributed by atoms with Gasteiger partial charge in [-0.3, -0.25) is 9.58 Å². The Morgan fingerprint density at radius 3 is 3.06 bits per heavy atom. The van der Waals surface area contributed by atoms with Crippen molar-refractivity contribution in [2.24, 2.45) is 7.05 Å². The lowest BCUT2D eigenvalue weighted by Gasteiger charge is -2.24. The van der Waals surface area contributed by atoms with E-state index in [0.717, 1.165) is 19.5 Å². The third kappa shape index (κ3) is 2.83. The van der Waals surface area contributed by atoms with Crippen LogP contribution in [-0.2, 0) is 13.6 Å². The van der Waals surface area contributed by atoms with E-state index in [0.29, 0.717) is 6.04 Å². The number of hydrogen-bond donors (Lipinski definition) is 1. The summed E-state index contributed by atoms with van der Waals surface area (Å²) in [7, 11) is 1.95. The molecule has 0 saturated carbocycles. The lowest BCUT2D eigenvalue weighted by atomic mass is 10.1. The van der Waals surface area contributed by atoms with Crippen LogP contribution in [0.15, 0.2) is 12.4 Å². The second kappa shape index (κ2) is 4.97. The van der Waals surface area contributed by atoms with E-state index in [4.69, 9.17) is 0 Å².